The summed E-state index contributed by atoms with van der Waals surface area (Å²) in [4.78, 5) is 13.4. The molecule has 1 aliphatic carbocycles. The smallest absolute Gasteiger partial charge is 0.123 e. The van der Waals surface area contributed by atoms with E-state index < -0.39 is 0 Å². The van der Waals surface area contributed by atoms with E-state index in [0.29, 0.717) is 11.5 Å². The molecular weight excluding hydrogens is 398 g/mol. The van der Waals surface area contributed by atoms with Crippen molar-refractivity contribution in [3.05, 3.63) is 89.0 Å². The molecule has 1 aliphatic heterocycles. The molecule has 2 N–H and O–H groups in total. The second-order valence-electron chi connectivity index (χ2n) is 9.15. The number of carbonyl (C=O) groups is 1. The molecule has 1 saturated heterocycles. The van der Waals surface area contributed by atoms with E-state index in [1.807, 2.05) is 18.2 Å². The van der Waals surface area contributed by atoms with Gasteiger partial charge in [0.15, 0.2) is 0 Å². The van der Waals surface area contributed by atoms with E-state index in [2.05, 4.69) is 41.3 Å². The van der Waals surface area contributed by atoms with Crippen LogP contribution in [-0.4, -0.2) is 29.6 Å². The maximum atomic E-state index is 11.1. The summed E-state index contributed by atoms with van der Waals surface area (Å²) >= 11 is 0. The highest BCUT2D eigenvalue weighted by Gasteiger charge is 2.32. The number of anilines is 1. The van der Waals surface area contributed by atoms with Crippen LogP contribution in [-0.2, 0) is 11.2 Å². The molecule has 4 nitrogen and oxygen atoms in total. The molecule has 0 saturated carbocycles. The number of nitrogens with zero attached hydrogens (tertiary/aromatic N) is 1. The largest absolute Gasteiger partial charge is 0.508 e. The maximum absolute atomic E-state index is 11.1. The molecule has 1 heterocycles. The summed E-state index contributed by atoms with van der Waals surface area (Å²) in [5.41, 5.74) is 6.05. The minimum atomic E-state index is 0.163. The third kappa shape index (κ3) is 3.97. The number of aryl methyl sites for hydroxylation is 1. The number of rotatable bonds is 4. The van der Waals surface area contributed by atoms with Crippen molar-refractivity contribution in [2.75, 3.05) is 18.0 Å². The van der Waals surface area contributed by atoms with Crippen molar-refractivity contribution in [1.29, 1.82) is 0 Å². The molecule has 164 valence electrons. The Bertz CT molecular complexity index is 1100. The van der Waals surface area contributed by atoms with Crippen molar-refractivity contribution < 1.29 is 15.0 Å². The first-order valence-corrected chi connectivity index (χ1v) is 11.5. The summed E-state index contributed by atoms with van der Waals surface area (Å²) in [6.45, 7) is 1.83. The number of aldehydes is 1. The van der Waals surface area contributed by atoms with Gasteiger partial charge >= 0.3 is 0 Å². The van der Waals surface area contributed by atoms with Gasteiger partial charge in [-0.3, -0.25) is 0 Å². The number of hydrogen-bond acceptors (Lipinski definition) is 4. The lowest BCUT2D eigenvalue weighted by Gasteiger charge is -2.35. The van der Waals surface area contributed by atoms with E-state index in [1.54, 1.807) is 12.1 Å². The van der Waals surface area contributed by atoms with Crippen LogP contribution in [0, 0.1) is 5.92 Å². The maximum Gasteiger partial charge on any atom is 0.123 e. The van der Waals surface area contributed by atoms with Gasteiger partial charge in [0, 0.05) is 30.6 Å². The molecule has 2 atom stereocenters. The fourth-order valence-electron chi connectivity index (χ4n) is 5.52. The van der Waals surface area contributed by atoms with Crippen LogP contribution in [0.4, 0.5) is 5.69 Å². The molecule has 32 heavy (non-hydrogen) atoms. The Morgan fingerprint density at radius 1 is 0.812 bits per heavy atom. The van der Waals surface area contributed by atoms with Crippen molar-refractivity contribution in [3.8, 4) is 11.5 Å². The van der Waals surface area contributed by atoms with Crippen LogP contribution in [0.1, 0.15) is 53.4 Å². The first-order chi connectivity index (χ1) is 15.6. The Hall–Kier alpha value is -3.27. The van der Waals surface area contributed by atoms with Gasteiger partial charge in [0.25, 0.3) is 0 Å². The molecule has 5 rings (SSSR count). The third-order valence-corrected chi connectivity index (χ3v) is 7.24. The lowest BCUT2D eigenvalue weighted by atomic mass is 9.69. The SMILES string of the molecule is O=CC1CCN(c2ccc([C@H]3c4ccc(O)cc4CC[C@H]3c3cccc(O)c3)cc2)CC1. The highest BCUT2D eigenvalue weighted by atomic mass is 16.3. The van der Waals surface area contributed by atoms with Gasteiger partial charge in [0.1, 0.15) is 17.8 Å². The summed E-state index contributed by atoms with van der Waals surface area (Å²) in [7, 11) is 0. The highest BCUT2D eigenvalue weighted by molar-refractivity contribution is 5.56. The van der Waals surface area contributed by atoms with E-state index in [9.17, 15) is 15.0 Å². The third-order valence-electron chi connectivity index (χ3n) is 7.24. The molecule has 3 aromatic rings. The average Bonchev–Trinajstić information content (AvgIpc) is 2.83. The monoisotopic (exact) mass is 427 g/mol. The quantitative estimate of drug-likeness (QED) is 0.549. The molecule has 0 amide bonds. The first kappa shape index (κ1) is 20.6. The summed E-state index contributed by atoms with van der Waals surface area (Å²) in [5.74, 6) is 1.23. The Kier molecular flexibility index (Phi) is 5.60. The van der Waals surface area contributed by atoms with E-state index in [1.165, 1.54) is 22.4 Å². The fraction of sp³-hybridized carbons (Fsp3) is 0.321. The first-order valence-electron chi connectivity index (χ1n) is 11.5. The van der Waals surface area contributed by atoms with E-state index in [0.717, 1.165) is 50.6 Å². The second-order valence-corrected chi connectivity index (χ2v) is 9.15. The summed E-state index contributed by atoms with van der Waals surface area (Å²) in [5, 5.41) is 20.1. The molecule has 4 heteroatoms. The molecule has 0 radical (unpaired) electrons. The number of aromatic hydroxyl groups is 2. The zero-order chi connectivity index (χ0) is 22.1. The van der Waals surface area contributed by atoms with Gasteiger partial charge in [0.05, 0.1) is 0 Å². The van der Waals surface area contributed by atoms with Gasteiger partial charge in [-0.2, -0.15) is 0 Å². The zero-order valence-corrected chi connectivity index (χ0v) is 18.2. The molecule has 2 aliphatic rings. The number of piperidine rings is 1. The number of phenols is 2. The number of phenolic OH excluding ortho intramolecular Hbond substituents is 2. The van der Waals surface area contributed by atoms with Crippen molar-refractivity contribution in [2.45, 2.75) is 37.5 Å². The molecular formula is C28H29NO3. The molecule has 0 unspecified atom stereocenters. The van der Waals surface area contributed by atoms with Crippen molar-refractivity contribution in [2.24, 2.45) is 5.92 Å². The summed E-state index contributed by atoms with van der Waals surface area (Å²) < 4.78 is 0. The molecule has 3 aromatic carbocycles. The number of hydrogen-bond donors (Lipinski definition) is 2. The number of carbonyl (C=O) groups excluding carboxylic acids is 1. The zero-order valence-electron chi connectivity index (χ0n) is 18.2. The normalized spacial score (nSPS) is 21.2. The fourth-order valence-corrected chi connectivity index (χ4v) is 5.52. The Morgan fingerprint density at radius 2 is 1.56 bits per heavy atom. The summed E-state index contributed by atoms with van der Waals surface area (Å²) in [6, 6.07) is 22.2. The van der Waals surface area contributed by atoms with Gasteiger partial charge < -0.3 is 19.9 Å². The Balaban J connectivity index is 1.49. The van der Waals surface area contributed by atoms with Crippen molar-refractivity contribution in [3.63, 3.8) is 0 Å². The van der Waals surface area contributed by atoms with E-state index in [4.69, 9.17) is 0 Å². The molecule has 0 bridgehead atoms. The van der Waals surface area contributed by atoms with Crippen LogP contribution in [0.15, 0.2) is 66.7 Å². The predicted molar refractivity (Wildman–Crippen MR) is 127 cm³/mol. The van der Waals surface area contributed by atoms with Crippen LogP contribution in [0.25, 0.3) is 0 Å². The van der Waals surface area contributed by atoms with Crippen LogP contribution in [0.2, 0.25) is 0 Å². The number of benzene rings is 3. The average molecular weight is 428 g/mol. The molecule has 1 fully saturated rings. The predicted octanol–water partition coefficient (Wildman–Crippen LogP) is 5.38. The Labute approximate surface area is 189 Å². The van der Waals surface area contributed by atoms with Crippen LogP contribution >= 0.6 is 0 Å². The van der Waals surface area contributed by atoms with Gasteiger partial charge in [-0.25, -0.2) is 0 Å². The molecule has 0 aromatic heterocycles. The lowest BCUT2D eigenvalue weighted by molar-refractivity contribution is -0.111. The van der Waals surface area contributed by atoms with Crippen LogP contribution < -0.4 is 4.90 Å². The topological polar surface area (TPSA) is 60.8 Å². The minimum absolute atomic E-state index is 0.163. The van der Waals surface area contributed by atoms with Crippen LogP contribution in [0.3, 0.4) is 0 Å². The van der Waals surface area contributed by atoms with E-state index in [-0.39, 0.29) is 17.8 Å². The van der Waals surface area contributed by atoms with Crippen LogP contribution in [0.5, 0.6) is 11.5 Å². The minimum Gasteiger partial charge on any atom is -0.508 e. The van der Waals surface area contributed by atoms with Crippen molar-refractivity contribution >= 4 is 12.0 Å². The second kappa shape index (κ2) is 8.70. The van der Waals surface area contributed by atoms with Gasteiger partial charge in [-0.1, -0.05) is 30.3 Å². The van der Waals surface area contributed by atoms with Gasteiger partial charge in [-0.15, -0.1) is 0 Å². The van der Waals surface area contributed by atoms with Gasteiger partial charge in [0.2, 0.25) is 0 Å². The standard InChI is InChI=1S/C28H29NO3/c30-18-19-12-14-29(15-13-19)23-7-4-20(5-8-23)28-26(21-2-1-3-24(31)16-21)10-6-22-17-25(32)9-11-27(22)28/h1-5,7-9,11,16-19,26,28,31-32H,6,10,12-15H2/t26-,28+/m0/s1. The molecule has 0 spiro atoms. The van der Waals surface area contributed by atoms with E-state index >= 15 is 0 Å². The number of fused-ring (bicyclic) bond motifs is 1. The summed E-state index contributed by atoms with van der Waals surface area (Å²) in [6.07, 6.45) is 4.81. The van der Waals surface area contributed by atoms with Gasteiger partial charge in [-0.05, 0) is 90.3 Å². The Morgan fingerprint density at radius 3 is 2.28 bits per heavy atom. The lowest BCUT2D eigenvalue weighted by Crippen LogP contribution is -2.34. The van der Waals surface area contributed by atoms with Crippen molar-refractivity contribution in [1.82, 2.24) is 0 Å². The highest BCUT2D eigenvalue weighted by Crippen LogP contribution is 2.47.